The molecule has 0 saturated carbocycles. The van der Waals surface area contributed by atoms with Crippen molar-refractivity contribution in [1.82, 2.24) is 24.4 Å². The molecule has 4 rings (SSSR count). The number of ether oxygens (including phenoxy) is 1. The second kappa shape index (κ2) is 9.23. The molecule has 3 aromatic rings. The van der Waals surface area contributed by atoms with Crippen LogP contribution < -0.4 is 4.84 Å². The first kappa shape index (κ1) is 22.2. The van der Waals surface area contributed by atoms with Crippen LogP contribution in [-0.2, 0) is 26.1 Å². The monoisotopic (exact) mass is 459 g/mol. The van der Waals surface area contributed by atoms with Crippen LogP contribution in [0.25, 0.3) is 11.0 Å². The molecule has 1 fully saturated rings. The highest BCUT2D eigenvalue weighted by Crippen LogP contribution is 2.21. The van der Waals surface area contributed by atoms with Gasteiger partial charge in [0.2, 0.25) is 10.0 Å². The maximum atomic E-state index is 12.9. The van der Waals surface area contributed by atoms with Crippen LogP contribution in [0, 0.1) is 6.92 Å². The largest absolute Gasteiger partial charge is 0.385 e. The van der Waals surface area contributed by atoms with Crippen molar-refractivity contribution in [2.24, 2.45) is 0 Å². The van der Waals surface area contributed by atoms with E-state index in [0.29, 0.717) is 43.9 Å². The molecule has 10 nitrogen and oxygen atoms in total. The molecule has 0 N–H and O–H groups in total. The Hall–Kier alpha value is -3.02. The van der Waals surface area contributed by atoms with Crippen molar-refractivity contribution in [3.63, 3.8) is 0 Å². The van der Waals surface area contributed by atoms with Crippen LogP contribution in [-0.4, -0.2) is 78.6 Å². The molecule has 2 heterocycles. The van der Waals surface area contributed by atoms with Gasteiger partial charge in [0.05, 0.1) is 18.1 Å². The maximum absolute atomic E-state index is 12.9. The lowest BCUT2D eigenvalue weighted by Gasteiger charge is -2.26. The molecule has 1 amide bonds. The van der Waals surface area contributed by atoms with Gasteiger partial charge in [0.25, 0.3) is 5.91 Å². The summed E-state index contributed by atoms with van der Waals surface area (Å²) in [4.78, 5) is 20.8. The minimum Gasteiger partial charge on any atom is -0.385 e. The van der Waals surface area contributed by atoms with Crippen LogP contribution in [0.2, 0.25) is 0 Å². The van der Waals surface area contributed by atoms with E-state index in [1.807, 2.05) is 31.2 Å². The van der Waals surface area contributed by atoms with E-state index >= 15 is 0 Å². The summed E-state index contributed by atoms with van der Waals surface area (Å²) in [6.07, 6.45) is 0. The quantitative estimate of drug-likeness (QED) is 0.516. The van der Waals surface area contributed by atoms with Crippen molar-refractivity contribution < 1.29 is 22.8 Å². The van der Waals surface area contributed by atoms with E-state index in [-0.39, 0.29) is 17.4 Å². The number of nitrogens with zero attached hydrogens (tertiary/aromatic N) is 5. The summed E-state index contributed by atoms with van der Waals surface area (Å²) < 4.78 is 32.5. The van der Waals surface area contributed by atoms with E-state index in [2.05, 4.69) is 10.3 Å². The molecule has 170 valence electrons. The molecule has 0 spiro atoms. The molecular formula is C21H25N5O5S. The molecule has 1 saturated heterocycles. The number of benzene rings is 2. The predicted molar refractivity (Wildman–Crippen MR) is 116 cm³/mol. The predicted octanol–water partition coefficient (Wildman–Crippen LogP) is 0.848. The number of morpholine rings is 1. The lowest BCUT2D eigenvalue weighted by molar-refractivity contribution is -0.136. The topological polar surface area (TPSA) is 107 Å². The normalized spacial score (nSPS) is 15.1. The molecule has 0 aliphatic carbocycles. The molecule has 0 unspecified atom stereocenters. The first-order chi connectivity index (χ1) is 15.3. The number of fused-ring (bicyclic) bond motifs is 1. The fourth-order valence-electron chi connectivity index (χ4n) is 3.35. The fraction of sp³-hybridized carbons (Fsp3) is 0.381. The molecule has 2 aromatic carbocycles. The summed E-state index contributed by atoms with van der Waals surface area (Å²) >= 11 is 0. The maximum Gasteiger partial charge on any atom is 0.263 e. The van der Waals surface area contributed by atoms with Crippen LogP contribution in [0.15, 0.2) is 47.4 Å². The third-order valence-corrected chi connectivity index (χ3v) is 7.17. The van der Waals surface area contributed by atoms with Gasteiger partial charge in [-0.3, -0.25) is 4.79 Å². The Morgan fingerprint density at radius 1 is 1.16 bits per heavy atom. The van der Waals surface area contributed by atoms with E-state index in [1.165, 1.54) is 16.4 Å². The van der Waals surface area contributed by atoms with Gasteiger partial charge >= 0.3 is 0 Å². The van der Waals surface area contributed by atoms with Crippen LogP contribution >= 0.6 is 0 Å². The van der Waals surface area contributed by atoms with E-state index in [9.17, 15) is 13.2 Å². The number of carbonyl (C=O) groups is 1. The molecule has 1 aliphatic rings. The third kappa shape index (κ3) is 4.74. The van der Waals surface area contributed by atoms with Gasteiger partial charge in [-0.2, -0.15) is 4.31 Å². The second-order valence-electron chi connectivity index (χ2n) is 7.64. The number of hydrogen-bond acceptors (Lipinski definition) is 7. The minimum absolute atomic E-state index is 0.113. The number of aromatic nitrogens is 3. The van der Waals surface area contributed by atoms with Crippen LogP contribution in [0.4, 0.5) is 0 Å². The van der Waals surface area contributed by atoms with E-state index in [4.69, 9.17) is 9.57 Å². The molecule has 1 aliphatic heterocycles. The number of sulfonamides is 1. The number of hydrogen-bond donors (Lipinski definition) is 0. The standard InChI is InChI=1S/C21H25N5O5S/c1-16-3-5-17(6-4-16)14-24(2)21(27)15-31-26-20-13-18(7-8-19(20)22-23-26)32(28,29)25-9-11-30-12-10-25/h3-8,13H,9-12,14-15H2,1-2H3. The number of rotatable bonds is 7. The molecule has 1 aromatic heterocycles. The van der Waals surface area contributed by atoms with Gasteiger partial charge in [0, 0.05) is 26.7 Å². The smallest absolute Gasteiger partial charge is 0.263 e. The Morgan fingerprint density at radius 3 is 2.59 bits per heavy atom. The number of aryl methyl sites for hydroxylation is 1. The number of carbonyl (C=O) groups excluding carboxylic acids is 1. The molecule has 0 atom stereocenters. The van der Waals surface area contributed by atoms with Gasteiger partial charge in [0.1, 0.15) is 11.0 Å². The van der Waals surface area contributed by atoms with Gasteiger partial charge in [-0.05, 0) is 35.9 Å². The average molecular weight is 460 g/mol. The number of amides is 1. The Bertz CT molecular complexity index is 1200. The zero-order valence-corrected chi connectivity index (χ0v) is 18.8. The third-order valence-electron chi connectivity index (χ3n) is 5.27. The highest BCUT2D eigenvalue weighted by Gasteiger charge is 2.27. The lowest BCUT2D eigenvalue weighted by atomic mass is 10.1. The highest BCUT2D eigenvalue weighted by atomic mass is 32.2. The van der Waals surface area contributed by atoms with E-state index in [1.54, 1.807) is 18.0 Å². The van der Waals surface area contributed by atoms with Gasteiger partial charge in [-0.25, -0.2) is 8.42 Å². The van der Waals surface area contributed by atoms with Crippen LogP contribution in [0.3, 0.4) is 0 Å². The lowest BCUT2D eigenvalue weighted by Crippen LogP contribution is -2.40. The van der Waals surface area contributed by atoms with Crippen molar-refractivity contribution in [3.8, 4) is 0 Å². The van der Waals surface area contributed by atoms with E-state index in [0.717, 1.165) is 16.0 Å². The Labute approximate surface area is 186 Å². The Kier molecular flexibility index (Phi) is 6.40. The summed E-state index contributed by atoms with van der Waals surface area (Å²) in [7, 11) is -1.98. The van der Waals surface area contributed by atoms with Gasteiger partial charge < -0.3 is 14.5 Å². The second-order valence-corrected chi connectivity index (χ2v) is 9.58. The van der Waals surface area contributed by atoms with Gasteiger partial charge in [0.15, 0.2) is 6.61 Å². The Morgan fingerprint density at radius 2 is 1.88 bits per heavy atom. The van der Waals surface area contributed by atoms with Crippen molar-refractivity contribution in [1.29, 1.82) is 0 Å². The first-order valence-corrected chi connectivity index (χ1v) is 11.6. The van der Waals surface area contributed by atoms with Crippen molar-refractivity contribution >= 4 is 27.0 Å². The molecule has 0 bridgehead atoms. The zero-order valence-electron chi connectivity index (χ0n) is 18.0. The van der Waals surface area contributed by atoms with Crippen molar-refractivity contribution in [2.75, 3.05) is 40.0 Å². The van der Waals surface area contributed by atoms with Crippen LogP contribution in [0.5, 0.6) is 0 Å². The minimum atomic E-state index is -3.68. The average Bonchev–Trinajstić information content (AvgIpc) is 3.21. The fourth-order valence-corrected chi connectivity index (χ4v) is 4.78. The summed E-state index contributed by atoms with van der Waals surface area (Å²) in [5.74, 6) is -0.244. The zero-order chi connectivity index (χ0) is 22.7. The summed E-state index contributed by atoms with van der Waals surface area (Å²) in [5, 5.41) is 7.89. The molecule has 0 radical (unpaired) electrons. The number of likely N-dealkylation sites (N-methyl/N-ethyl adjacent to an activating group) is 1. The first-order valence-electron chi connectivity index (χ1n) is 10.2. The van der Waals surface area contributed by atoms with Gasteiger partial charge in [-0.1, -0.05) is 34.7 Å². The van der Waals surface area contributed by atoms with Crippen molar-refractivity contribution in [2.45, 2.75) is 18.4 Å². The molecule has 32 heavy (non-hydrogen) atoms. The summed E-state index contributed by atoms with van der Waals surface area (Å²) in [5.41, 5.74) is 2.99. The van der Waals surface area contributed by atoms with E-state index < -0.39 is 10.0 Å². The summed E-state index contributed by atoms with van der Waals surface area (Å²) in [6, 6.07) is 12.5. The van der Waals surface area contributed by atoms with Crippen molar-refractivity contribution in [3.05, 3.63) is 53.6 Å². The SMILES string of the molecule is Cc1ccc(CN(C)C(=O)COn2nnc3ccc(S(=O)(=O)N4CCOCC4)cc32)cc1. The summed E-state index contributed by atoms with van der Waals surface area (Å²) in [6.45, 7) is 3.52. The highest BCUT2D eigenvalue weighted by molar-refractivity contribution is 7.89. The van der Waals surface area contributed by atoms with Crippen LogP contribution in [0.1, 0.15) is 11.1 Å². The molecular weight excluding hydrogens is 434 g/mol. The molecule has 11 heteroatoms. The van der Waals surface area contributed by atoms with Gasteiger partial charge in [-0.15, -0.1) is 5.10 Å². The Balaban J connectivity index is 1.45.